The minimum absolute atomic E-state index is 0.251. The first-order valence-corrected chi connectivity index (χ1v) is 8.72. The van der Waals surface area contributed by atoms with Crippen LogP contribution >= 0.6 is 0 Å². The maximum absolute atomic E-state index is 14.1. The smallest absolute Gasteiger partial charge is 0.195 e. The lowest BCUT2D eigenvalue weighted by Crippen LogP contribution is -2.30. The van der Waals surface area contributed by atoms with Crippen LogP contribution in [0, 0.1) is 5.82 Å². The number of guanidine groups is 1. The molecule has 0 bridgehead atoms. The Hall–Kier alpha value is -2.96. The van der Waals surface area contributed by atoms with Gasteiger partial charge < -0.3 is 25.0 Å². The lowest BCUT2D eigenvalue weighted by Gasteiger charge is -2.16. The van der Waals surface area contributed by atoms with Gasteiger partial charge in [-0.1, -0.05) is 6.07 Å². The molecule has 0 unspecified atom stereocenters. The second-order valence-corrected chi connectivity index (χ2v) is 6.03. The second kappa shape index (κ2) is 9.66. The van der Waals surface area contributed by atoms with Crippen LogP contribution in [0.4, 0.5) is 15.8 Å². The van der Waals surface area contributed by atoms with Gasteiger partial charge in [0.1, 0.15) is 5.82 Å². The van der Waals surface area contributed by atoms with Crippen LogP contribution in [0.15, 0.2) is 41.4 Å². The first kappa shape index (κ1) is 20.4. The molecule has 2 N–H and O–H groups in total. The van der Waals surface area contributed by atoms with Gasteiger partial charge in [-0.15, -0.1) is 0 Å². The number of benzene rings is 2. The number of nitrogens with zero attached hydrogens (tertiary/aromatic N) is 2. The van der Waals surface area contributed by atoms with Crippen molar-refractivity contribution < 1.29 is 13.9 Å². The zero-order valence-corrected chi connectivity index (χ0v) is 16.5. The Bertz CT molecular complexity index is 794. The molecule has 0 saturated heterocycles. The van der Waals surface area contributed by atoms with Crippen LogP contribution < -0.4 is 25.0 Å². The fourth-order valence-corrected chi connectivity index (χ4v) is 2.54. The van der Waals surface area contributed by atoms with E-state index in [4.69, 9.17) is 9.47 Å². The molecule has 0 aliphatic carbocycles. The number of nitrogens with one attached hydrogen (secondary N) is 2. The molecule has 146 valence electrons. The van der Waals surface area contributed by atoms with Gasteiger partial charge in [0, 0.05) is 39.4 Å². The third kappa shape index (κ3) is 5.51. The van der Waals surface area contributed by atoms with Crippen molar-refractivity contribution in [2.24, 2.45) is 4.99 Å². The third-order valence-corrected chi connectivity index (χ3v) is 3.90. The summed E-state index contributed by atoms with van der Waals surface area (Å²) in [5.74, 6) is 1.64. The molecular weight excluding hydrogens is 347 g/mol. The van der Waals surface area contributed by atoms with E-state index in [9.17, 15) is 4.39 Å². The van der Waals surface area contributed by atoms with Crippen molar-refractivity contribution in [3.8, 4) is 11.5 Å². The maximum atomic E-state index is 14.1. The summed E-state index contributed by atoms with van der Waals surface area (Å²) < 4.78 is 25.0. The predicted octanol–water partition coefficient (Wildman–Crippen LogP) is 3.49. The number of anilines is 2. The van der Waals surface area contributed by atoms with Gasteiger partial charge in [0.2, 0.25) is 0 Å². The average Bonchev–Trinajstić information content (AvgIpc) is 2.66. The largest absolute Gasteiger partial charge is 0.493 e. The van der Waals surface area contributed by atoms with E-state index < -0.39 is 0 Å². The van der Waals surface area contributed by atoms with E-state index >= 15 is 0 Å². The number of ether oxygens (including phenoxy) is 2. The third-order valence-electron chi connectivity index (χ3n) is 3.90. The molecule has 0 saturated carbocycles. The highest BCUT2D eigenvalue weighted by Gasteiger charge is 2.08. The standard InChI is InChI=1S/C20H27FN4O2/c1-6-27-18-10-8-15(12-19(18)26-5)24-20(22-2)23-13-14-7-9-17(25(3)4)16(21)11-14/h7-12H,6,13H2,1-5H3,(H2,22,23,24). The summed E-state index contributed by atoms with van der Waals surface area (Å²) >= 11 is 0. The molecule has 2 aromatic carbocycles. The molecule has 0 aromatic heterocycles. The molecule has 27 heavy (non-hydrogen) atoms. The molecule has 6 nitrogen and oxygen atoms in total. The van der Waals surface area contributed by atoms with Crippen molar-refractivity contribution in [1.29, 1.82) is 0 Å². The van der Waals surface area contributed by atoms with Gasteiger partial charge in [0.25, 0.3) is 0 Å². The summed E-state index contributed by atoms with van der Waals surface area (Å²) in [4.78, 5) is 5.94. The van der Waals surface area contributed by atoms with Gasteiger partial charge >= 0.3 is 0 Å². The van der Waals surface area contributed by atoms with Crippen molar-refractivity contribution in [3.63, 3.8) is 0 Å². The number of methoxy groups -OCH3 is 1. The Labute approximate surface area is 160 Å². The van der Waals surface area contributed by atoms with Gasteiger partial charge in [0.15, 0.2) is 17.5 Å². The topological polar surface area (TPSA) is 58.1 Å². The average molecular weight is 374 g/mol. The zero-order chi connectivity index (χ0) is 19.8. The molecule has 7 heteroatoms. The Balaban J connectivity index is 2.03. The van der Waals surface area contributed by atoms with Gasteiger partial charge in [0.05, 0.1) is 19.4 Å². The maximum Gasteiger partial charge on any atom is 0.195 e. The summed E-state index contributed by atoms with van der Waals surface area (Å²) in [5.41, 5.74) is 2.19. The summed E-state index contributed by atoms with van der Waals surface area (Å²) in [6.07, 6.45) is 0. The van der Waals surface area contributed by atoms with Crippen LogP contribution in [0.25, 0.3) is 0 Å². The van der Waals surface area contributed by atoms with Gasteiger partial charge in [-0.2, -0.15) is 0 Å². The monoisotopic (exact) mass is 374 g/mol. The molecule has 0 aliphatic rings. The molecule has 0 spiro atoms. The minimum atomic E-state index is -0.251. The fraction of sp³-hybridized carbons (Fsp3) is 0.350. The lowest BCUT2D eigenvalue weighted by atomic mass is 10.2. The fourth-order valence-electron chi connectivity index (χ4n) is 2.54. The molecule has 0 fully saturated rings. The van der Waals surface area contributed by atoms with E-state index in [1.165, 1.54) is 6.07 Å². The van der Waals surface area contributed by atoms with Crippen molar-refractivity contribution in [1.82, 2.24) is 5.32 Å². The first-order chi connectivity index (χ1) is 13.0. The zero-order valence-electron chi connectivity index (χ0n) is 16.5. The predicted molar refractivity (Wildman–Crippen MR) is 109 cm³/mol. The van der Waals surface area contributed by atoms with Gasteiger partial charge in [-0.05, 0) is 36.8 Å². The summed E-state index contributed by atoms with van der Waals surface area (Å²) in [6, 6.07) is 10.7. The number of hydrogen-bond donors (Lipinski definition) is 2. The van der Waals surface area contributed by atoms with E-state index in [0.717, 1.165) is 11.3 Å². The van der Waals surface area contributed by atoms with Crippen LogP contribution in [0.1, 0.15) is 12.5 Å². The van der Waals surface area contributed by atoms with Crippen molar-refractivity contribution in [2.45, 2.75) is 13.5 Å². The van der Waals surface area contributed by atoms with Crippen molar-refractivity contribution in [2.75, 3.05) is 45.1 Å². The number of halogens is 1. The second-order valence-electron chi connectivity index (χ2n) is 6.03. The highest BCUT2D eigenvalue weighted by molar-refractivity contribution is 5.93. The van der Waals surface area contributed by atoms with E-state index in [-0.39, 0.29) is 5.82 Å². The summed E-state index contributed by atoms with van der Waals surface area (Å²) in [7, 11) is 6.90. The Morgan fingerprint density at radius 2 is 1.93 bits per heavy atom. The van der Waals surface area contributed by atoms with E-state index in [2.05, 4.69) is 15.6 Å². The Kier molecular flexibility index (Phi) is 7.28. The number of rotatable bonds is 7. The highest BCUT2D eigenvalue weighted by atomic mass is 19.1. The molecule has 2 aromatic rings. The van der Waals surface area contributed by atoms with Crippen LogP contribution in [0.5, 0.6) is 11.5 Å². The van der Waals surface area contributed by atoms with E-state index in [0.29, 0.717) is 36.3 Å². The van der Waals surface area contributed by atoms with Crippen LogP contribution in [0.2, 0.25) is 0 Å². The first-order valence-electron chi connectivity index (χ1n) is 8.72. The molecule has 0 heterocycles. The van der Waals surface area contributed by atoms with E-state index in [1.807, 2.05) is 45.3 Å². The number of aliphatic imine (C=N–C) groups is 1. The molecule has 0 atom stereocenters. The summed E-state index contributed by atoms with van der Waals surface area (Å²) in [6.45, 7) is 2.93. The van der Waals surface area contributed by atoms with E-state index in [1.54, 1.807) is 25.1 Å². The van der Waals surface area contributed by atoms with Crippen LogP contribution in [-0.4, -0.2) is 40.8 Å². The van der Waals surface area contributed by atoms with Gasteiger partial charge in [-0.25, -0.2) is 4.39 Å². The molecule has 2 rings (SSSR count). The van der Waals surface area contributed by atoms with Crippen LogP contribution in [0.3, 0.4) is 0 Å². The Morgan fingerprint density at radius 1 is 1.15 bits per heavy atom. The van der Waals surface area contributed by atoms with Gasteiger partial charge in [-0.3, -0.25) is 4.99 Å². The highest BCUT2D eigenvalue weighted by Crippen LogP contribution is 2.30. The molecular formula is C20H27FN4O2. The molecule has 0 aliphatic heterocycles. The number of hydrogen-bond acceptors (Lipinski definition) is 4. The van der Waals surface area contributed by atoms with Crippen molar-refractivity contribution in [3.05, 3.63) is 47.8 Å². The van der Waals surface area contributed by atoms with Crippen molar-refractivity contribution >= 4 is 17.3 Å². The summed E-state index contributed by atoms with van der Waals surface area (Å²) in [5, 5.41) is 6.36. The SMILES string of the molecule is CCOc1ccc(NC(=NC)NCc2ccc(N(C)C)c(F)c2)cc1OC. The molecule has 0 radical (unpaired) electrons. The quantitative estimate of drug-likeness (QED) is 0.574. The normalized spacial score (nSPS) is 11.1. The minimum Gasteiger partial charge on any atom is -0.493 e. The Morgan fingerprint density at radius 3 is 2.52 bits per heavy atom. The lowest BCUT2D eigenvalue weighted by molar-refractivity contribution is 0.311. The molecule has 0 amide bonds. The van der Waals surface area contributed by atoms with Crippen LogP contribution in [-0.2, 0) is 6.54 Å².